The number of esters is 1. The Bertz CT molecular complexity index is 207. The zero-order valence-electron chi connectivity index (χ0n) is 8.00. The number of rotatable bonds is 2. The Kier molecular flexibility index (Phi) is 3.28. The van der Waals surface area contributed by atoms with E-state index in [2.05, 4.69) is 5.32 Å². The van der Waals surface area contributed by atoms with Crippen LogP contribution in [0.5, 0.6) is 0 Å². The first-order valence-electron chi connectivity index (χ1n) is 4.62. The van der Waals surface area contributed by atoms with E-state index in [9.17, 15) is 9.59 Å². The van der Waals surface area contributed by atoms with Crippen LogP contribution in [-0.2, 0) is 14.3 Å². The number of carbonyl (C=O) groups excluding carboxylic acids is 2. The van der Waals surface area contributed by atoms with E-state index in [0.29, 0.717) is 13.0 Å². The highest BCUT2D eigenvalue weighted by Crippen LogP contribution is 2.16. The largest absolute Gasteiger partial charge is 0.465 e. The Labute approximate surface area is 77.6 Å². The van der Waals surface area contributed by atoms with Gasteiger partial charge in [-0.05, 0) is 26.7 Å². The van der Waals surface area contributed by atoms with Crippen molar-refractivity contribution in [2.24, 2.45) is 5.92 Å². The van der Waals surface area contributed by atoms with Gasteiger partial charge < -0.3 is 10.1 Å². The standard InChI is InChI=1S/C9H15NO3/c1-3-13-9(12)7-5-4-6(2)10-8(7)11/h6-7H,3-5H2,1-2H3,(H,10,11)/t6-,7-/m0/s1. The van der Waals surface area contributed by atoms with Crippen LogP contribution < -0.4 is 5.32 Å². The number of hydrogen-bond donors (Lipinski definition) is 1. The Morgan fingerprint density at radius 2 is 2.31 bits per heavy atom. The molecule has 0 aromatic heterocycles. The van der Waals surface area contributed by atoms with Crippen molar-refractivity contribution in [3.8, 4) is 0 Å². The third kappa shape index (κ3) is 2.44. The van der Waals surface area contributed by atoms with Gasteiger partial charge in [-0.2, -0.15) is 0 Å². The van der Waals surface area contributed by atoms with E-state index in [1.165, 1.54) is 0 Å². The minimum absolute atomic E-state index is 0.179. The zero-order valence-corrected chi connectivity index (χ0v) is 8.00. The summed E-state index contributed by atoms with van der Waals surface area (Å²) in [6, 6.07) is 0.179. The van der Waals surface area contributed by atoms with Crippen LogP contribution in [0.25, 0.3) is 0 Å². The van der Waals surface area contributed by atoms with Gasteiger partial charge in [-0.3, -0.25) is 9.59 Å². The number of carbonyl (C=O) groups is 2. The predicted octanol–water partition coefficient (Wildman–Crippen LogP) is 0.464. The predicted molar refractivity (Wildman–Crippen MR) is 47.0 cm³/mol. The van der Waals surface area contributed by atoms with Crippen molar-refractivity contribution in [1.82, 2.24) is 5.32 Å². The summed E-state index contributed by atoms with van der Waals surface area (Å²) in [6.07, 6.45) is 1.45. The second-order valence-electron chi connectivity index (χ2n) is 3.29. The van der Waals surface area contributed by atoms with Crippen LogP contribution >= 0.6 is 0 Å². The molecule has 0 aromatic carbocycles. The van der Waals surface area contributed by atoms with Gasteiger partial charge in [0.2, 0.25) is 5.91 Å². The highest BCUT2D eigenvalue weighted by Gasteiger charge is 2.32. The first-order chi connectivity index (χ1) is 6.15. The lowest BCUT2D eigenvalue weighted by Crippen LogP contribution is -2.45. The molecule has 1 saturated heterocycles. The molecule has 1 amide bonds. The minimum Gasteiger partial charge on any atom is -0.465 e. The lowest BCUT2D eigenvalue weighted by atomic mass is 9.95. The summed E-state index contributed by atoms with van der Waals surface area (Å²) in [6.45, 7) is 4.00. The highest BCUT2D eigenvalue weighted by atomic mass is 16.5. The third-order valence-corrected chi connectivity index (χ3v) is 2.16. The van der Waals surface area contributed by atoms with Crippen LogP contribution in [0.15, 0.2) is 0 Å². The van der Waals surface area contributed by atoms with E-state index in [1.54, 1.807) is 6.92 Å². The van der Waals surface area contributed by atoms with Gasteiger partial charge in [0.15, 0.2) is 0 Å². The van der Waals surface area contributed by atoms with Crippen molar-refractivity contribution < 1.29 is 14.3 Å². The topological polar surface area (TPSA) is 55.4 Å². The number of amides is 1. The van der Waals surface area contributed by atoms with E-state index < -0.39 is 11.9 Å². The SMILES string of the molecule is CCOC(=O)[C@H]1CC[C@H](C)NC1=O. The quantitative estimate of drug-likeness (QED) is 0.502. The molecule has 1 aliphatic rings. The van der Waals surface area contributed by atoms with Crippen molar-refractivity contribution in [1.29, 1.82) is 0 Å². The Morgan fingerprint density at radius 1 is 1.62 bits per heavy atom. The van der Waals surface area contributed by atoms with E-state index in [4.69, 9.17) is 4.74 Å². The molecule has 1 aliphatic heterocycles. The van der Waals surface area contributed by atoms with Gasteiger partial charge in [0.1, 0.15) is 5.92 Å². The first-order valence-corrected chi connectivity index (χ1v) is 4.62. The second kappa shape index (κ2) is 4.25. The van der Waals surface area contributed by atoms with Crippen molar-refractivity contribution in [3.63, 3.8) is 0 Å². The van der Waals surface area contributed by atoms with Crippen LogP contribution in [0.4, 0.5) is 0 Å². The number of ether oxygens (including phenoxy) is 1. The van der Waals surface area contributed by atoms with Gasteiger partial charge in [-0.1, -0.05) is 0 Å². The molecule has 1 fully saturated rings. The van der Waals surface area contributed by atoms with Gasteiger partial charge in [0.05, 0.1) is 6.61 Å². The Balaban J connectivity index is 2.51. The molecular formula is C9H15NO3. The van der Waals surface area contributed by atoms with E-state index in [-0.39, 0.29) is 11.9 Å². The van der Waals surface area contributed by atoms with Gasteiger partial charge in [0, 0.05) is 6.04 Å². The summed E-state index contributed by atoms with van der Waals surface area (Å²) < 4.78 is 4.79. The molecule has 0 aliphatic carbocycles. The molecule has 1 rings (SSSR count). The van der Waals surface area contributed by atoms with Crippen molar-refractivity contribution >= 4 is 11.9 Å². The van der Waals surface area contributed by atoms with Crippen molar-refractivity contribution in [3.05, 3.63) is 0 Å². The molecule has 0 saturated carbocycles. The smallest absolute Gasteiger partial charge is 0.318 e. The molecule has 1 heterocycles. The van der Waals surface area contributed by atoms with Crippen LogP contribution in [0, 0.1) is 5.92 Å². The zero-order chi connectivity index (χ0) is 9.84. The monoisotopic (exact) mass is 185 g/mol. The fourth-order valence-corrected chi connectivity index (χ4v) is 1.43. The second-order valence-corrected chi connectivity index (χ2v) is 3.29. The van der Waals surface area contributed by atoms with Gasteiger partial charge >= 0.3 is 5.97 Å². The van der Waals surface area contributed by atoms with Gasteiger partial charge in [-0.15, -0.1) is 0 Å². The van der Waals surface area contributed by atoms with Crippen molar-refractivity contribution in [2.45, 2.75) is 32.7 Å². The molecular weight excluding hydrogens is 170 g/mol. The summed E-state index contributed by atoms with van der Waals surface area (Å²) in [4.78, 5) is 22.5. The maximum atomic E-state index is 11.3. The average Bonchev–Trinajstić information content (AvgIpc) is 2.04. The average molecular weight is 185 g/mol. The molecule has 0 radical (unpaired) electrons. The molecule has 13 heavy (non-hydrogen) atoms. The lowest BCUT2D eigenvalue weighted by Gasteiger charge is -2.25. The third-order valence-electron chi connectivity index (χ3n) is 2.16. The van der Waals surface area contributed by atoms with Gasteiger partial charge in [0.25, 0.3) is 0 Å². The Hall–Kier alpha value is -1.06. The number of piperidine rings is 1. The van der Waals surface area contributed by atoms with Crippen LogP contribution in [0.3, 0.4) is 0 Å². The molecule has 74 valence electrons. The summed E-state index contributed by atoms with van der Waals surface area (Å²) in [5.74, 6) is -1.18. The molecule has 2 atom stereocenters. The first kappa shape index (κ1) is 10.0. The van der Waals surface area contributed by atoms with E-state index in [0.717, 1.165) is 6.42 Å². The molecule has 0 spiro atoms. The fourth-order valence-electron chi connectivity index (χ4n) is 1.43. The van der Waals surface area contributed by atoms with E-state index in [1.807, 2.05) is 6.92 Å². The van der Waals surface area contributed by atoms with Crippen LogP contribution in [0.2, 0.25) is 0 Å². The van der Waals surface area contributed by atoms with Gasteiger partial charge in [-0.25, -0.2) is 0 Å². The van der Waals surface area contributed by atoms with Crippen LogP contribution in [0.1, 0.15) is 26.7 Å². The van der Waals surface area contributed by atoms with Crippen LogP contribution in [-0.4, -0.2) is 24.5 Å². The summed E-state index contributed by atoms with van der Waals surface area (Å²) in [5.41, 5.74) is 0. The molecule has 0 bridgehead atoms. The molecule has 0 aromatic rings. The molecule has 1 N–H and O–H groups in total. The summed E-state index contributed by atoms with van der Waals surface area (Å²) in [5, 5.41) is 2.73. The molecule has 4 nitrogen and oxygen atoms in total. The minimum atomic E-state index is -0.587. The maximum Gasteiger partial charge on any atom is 0.318 e. The van der Waals surface area contributed by atoms with E-state index >= 15 is 0 Å². The fraction of sp³-hybridized carbons (Fsp3) is 0.778. The maximum absolute atomic E-state index is 11.3. The normalized spacial score (nSPS) is 28.0. The summed E-state index contributed by atoms with van der Waals surface area (Å²) in [7, 11) is 0. The Morgan fingerprint density at radius 3 is 2.85 bits per heavy atom. The number of nitrogens with one attached hydrogen (secondary N) is 1. The van der Waals surface area contributed by atoms with Crippen molar-refractivity contribution in [2.75, 3.05) is 6.61 Å². The molecule has 4 heteroatoms. The summed E-state index contributed by atoms with van der Waals surface area (Å²) >= 11 is 0. The number of hydrogen-bond acceptors (Lipinski definition) is 3. The highest BCUT2D eigenvalue weighted by molar-refractivity contribution is 5.98. The lowest BCUT2D eigenvalue weighted by molar-refractivity contribution is -0.153. The molecule has 0 unspecified atom stereocenters.